The maximum absolute atomic E-state index is 14.7. The largest absolute Gasteiger partial charge is 0.418 e. The highest BCUT2D eigenvalue weighted by molar-refractivity contribution is 7.93. The lowest BCUT2D eigenvalue weighted by Crippen LogP contribution is -2.29. The molecule has 0 aliphatic carbocycles. The van der Waals surface area contributed by atoms with E-state index in [0.29, 0.717) is 11.8 Å². The highest BCUT2D eigenvalue weighted by Gasteiger charge is 2.39. The first-order valence-corrected chi connectivity index (χ1v) is 12.9. The number of nitrogens with one attached hydrogen (secondary N) is 2. The van der Waals surface area contributed by atoms with Gasteiger partial charge in [-0.05, 0) is 48.4 Å². The van der Waals surface area contributed by atoms with Crippen LogP contribution in [0.15, 0.2) is 66.7 Å². The second-order valence-electron chi connectivity index (χ2n) is 8.46. The Morgan fingerprint density at radius 3 is 2.43 bits per heavy atom. The van der Waals surface area contributed by atoms with Crippen molar-refractivity contribution >= 4 is 33.0 Å². The van der Waals surface area contributed by atoms with Gasteiger partial charge in [-0.25, -0.2) is 12.8 Å². The maximum Gasteiger partial charge on any atom is 0.418 e. The molecule has 1 heterocycles. The summed E-state index contributed by atoms with van der Waals surface area (Å²) in [6.45, 7) is 0.156. The molecule has 12 heteroatoms. The number of nitrogens with zero attached hydrogens (tertiary/aromatic N) is 1. The number of anilines is 3. The number of alkyl halides is 3. The number of hydrogen-bond donors (Lipinski definition) is 3. The molecule has 0 spiro atoms. The van der Waals surface area contributed by atoms with Crippen molar-refractivity contribution in [3.05, 3.63) is 89.2 Å². The first kappa shape index (κ1) is 26.4. The Morgan fingerprint density at radius 2 is 1.78 bits per heavy atom. The summed E-state index contributed by atoms with van der Waals surface area (Å²) in [6, 6.07) is 13.9. The van der Waals surface area contributed by atoms with Crippen LogP contribution >= 0.6 is 0 Å². The van der Waals surface area contributed by atoms with Gasteiger partial charge in [-0.15, -0.1) is 0 Å². The predicted octanol–water partition coefficient (Wildman–Crippen LogP) is 4.64. The lowest BCUT2D eigenvalue weighted by Gasteiger charge is -2.24. The normalized spacial score (nSPS) is 15.9. The van der Waals surface area contributed by atoms with Crippen LogP contribution in [-0.4, -0.2) is 26.6 Å². The molecule has 0 radical (unpaired) electrons. The van der Waals surface area contributed by atoms with Crippen molar-refractivity contribution in [3.8, 4) is 0 Å². The zero-order valence-corrected chi connectivity index (χ0v) is 20.2. The van der Waals surface area contributed by atoms with Crippen LogP contribution < -0.4 is 20.7 Å². The molecule has 4 N–H and O–H groups in total. The van der Waals surface area contributed by atoms with E-state index in [0.717, 1.165) is 15.9 Å². The molecule has 7 nitrogen and oxygen atoms in total. The highest BCUT2D eigenvalue weighted by Crippen LogP contribution is 2.40. The van der Waals surface area contributed by atoms with Crippen molar-refractivity contribution in [1.82, 2.24) is 0 Å². The topological polar surface area (TPSA) is 105 Å². The van der Waals surface area contributed by atoms with Crippen LogP contribution in [0.2, 0.25) is 0 Å². The maximum atomic E-state index is 14.7. The van der Waals surface area contributed by atoms with Crippen LogP contribution in [0.1, 0.15) is 29.2 Å². The van der Waals surface area contributed by atoms with Crippen molar-refractivity contribution in [3.63, 3.8) is 0 Å². The molecular formula is C25H24F4N4O3S. The van der Waals surface area contributed by atoms with Crippen LogP contribution in [0, 0.1) is 5.82 Å². The minimum absolute atomic E-state index is 0.0195. The molecule has 37 heavy (non-hydrogen) atoms. The Bertz CT molecular complexity index is 1410. The van der Waals surface area contributed by atoms with Gasteiger partial charge >= 0.3 is 6.18 Å². The smallest absolute Gasteiger partial charge is 0.370 e. The lowest BCUT2D eigenvalue weighted by atomic mass is 10.0. The second kappa shape index (κ2) is 10.4. The lowest BCUT2D eigenvalue weighted by molar-refractivity contribution is -0.137. The zero-order valence-electron chi connectivity index (χ0n) is 19.4. The van der Waals surface area contributed by atoms with Gasteiger partial charge in [0.15, 0.2) is 0 Å². The van der Waals surface area contributed by atoms with Crippen LogP contribution in [0.4, 0.5) is 34.6 Å². The number of halogens is 4. The molecule has 1 saturated heterocycles. The van der Waals surface area contributed by atoms with E-state index in [-0.39, 0.29) is 36.5 Å². The van der Waals surface area contributed by atoms with Crippen molar-refractivity contribution in [2.24, 2.45) is 5.73 Å². The SMILES string of the molecule is NCc1cccc(NC(C(=O)Nc2ccc(N3CCCS3(=O)=O)c(C(F)(F)F)c2)c2ccccc2F)c1. The molecule has 1 atom stereocenters. The summed E-state index contributed by atoms with van der Waals surface area (Å²) >= 11 is 0. The molecule has 1 fully saturated rings. The number of amides is 1. The minimum Gasteiger partial charge on any atom is -0.370 e. The van der Waals surface area contributed by atoms with Crippen molar-refractivity contribution in [1.29, 1.82) is 0 Å². The van der Waals surface area contributed by atoms with E-state index in [1.807, 2.05) is 0 Å². The average molecular weight is 537 g/mol. The molecule has 4 rings (SSSR count). The predicted molar refractivity (Wildman–Crippen MR) is 133 cm³/mol. The summed E-state index contributed by atoms with van der Waals surface area (Å²) in [6.07, 6.45) is -4.68. The quantitative estimate of drug-likeness (QED) is 0.382. The summed E-state index contributed by atoms with van der Waals surface area (Å²) in [5.74, 6) is -1.75. The monoisotopic (exact) mass is 536 g/mol. The van der Waals surface area contributed by atoms with Crippen molar-refractivity contribution in [2.45, 2.75) is 25.2 Å². The number of carbonyl (C=O) groups excluding carboxylic acids is 1. The number of nitrogens with two attached hydrogens (primary N) is 1. The summed E-state index contributed by atoms with van der Waals surface area (Å²) in [5, 5.41) is 5.33. The third-order valence-corrected chi connectivity index (χ3v) is 7.74. The Balaban J connectivity index is 1.68. The fourth-order valence-corrected chi connectivity index (χ4v) is 5.71. The molecule has 0 saturated carbocycles. The van der Waals surface area contributed by atoms with Gasteiger partial charge in [-0.1, -0.05) is 30.3 Å². The minimum atomic E-state index is -4.89. The molecule has 196 valence electrons. The Morgan fingerprint density at radius 1 is 1.03 bits per heavy atom. The fraction of sp³-hybridized carbons (Fsp3) is 0.240. The van der Waals surface area contributed by atoms with Gasteiger partial charge in [0.25, 0.3) is 5.91 Å². The van der Waals surface area contributed by atoms with E-state index < -0.39 is 45.2 Å². The van der Waals surface area contributed by atoms with Gasteiger partial charge in [0.2, 0.25) is 10.0 Å². The number of rotatable bonds is 7. The number of carbonyl (C=O) groups is 1. The molecule has 3 aromatic rings. The molecule has 1 aliphatic heterocycles. The van der Waals surface area contributed by atoms with Gasteiger partial charge in [0, 0.05) is 30.0 Å². The standard InChI is InChI=1S/C25H24F4N4O3S/c26-21-8-2-1-7-19(21)23(31-17-6-3-5-16(13-17)15-30)24(34)32-18-9-10-22(20(14-18)25(27,28)29)33-11-4-12-37(33,35)36/h1-3,5-10,13-14,23,31H,4,11-12,15,30H2,(H,32,34). The van der Waals surface area contributed by atoms with E-state index in [1.54, 1.807) is 24.3 Å². The average Bonchev–Trinajstić information content (AvgIpc) is 3.21. The summed E-state index contributed by atoms with van der Waals surface area (Å²) < 4.78 is 81.6. The Labute approximate surface area is 211 Å². The van der Waals surface area contributed by atoms with E-state index in [1.165, 1.54) is 30.3 Å². The van der Waals surface area contributed by atoms with Crippen molar-refractivity contribution in [2.75, 3.05) is 27.2 Å². The van der Waals surface area contributed by atoms with E-state index in [4.69, 9.17) is 5.73 Å². The first-order chi connectivity index (χ1) is 17.5. The molecule has 3 aromatic carbocycles. The van der Waals surface area contributed by atoms with E-state index in [9.17, 15) is 30.8 Å². The molecular weight excluding hydrogens is 512 g/mol. The molecule has 1 amide bonds. The van der Waals surface area contributed by atoms with Gasteiger partial charge in [0.1, 0.15) is 11.9 Å². The van der Waals surface area contributed by atoms with Gasteiger partial charge < -0.3 is 16.4 Å². The molecule has 1 unspecified atom stereocenters. The molecule has 0 aromatic heterocycles. The van der Waals surface area contributed by atoms with E-state index in [2.05, 4.69) is 10.6 Å². The highest BCUT2D eigenvalue weighted by atomic mass is 32.2. The van der Waals surface area contributed by atoms with Crippen LogP contribution in [0.3, 0.4) is 0 Å². The molecule has 1 aliphatic rings. The van der Waals surface area contributed by atoms with Crippen LogP contribution in [0.5, 0.6) is 0 Å². The Hall–Kier alpha value is -3.64. The van der Waals surface area contributed by atoms with Gasteiger partial charge in [-0.2, -0.15) is 13.2 Å². The van der Waals surface area contributed by atoms with E-state index >= 15 is 0 Å². The summed E-state index contributed by atoms with van der Waals surface area (Å²) in [5.41, 5.74) is 4.92. The third-order valence-electron chi connectivity index (χ3n) is 5.89. The van der Waals surface area contributed by atoms with Crippen molar-refractivity contribution < 1.29 is 30.8 Å². The van der Waals surface area contributed by atoms with Crippen LogP contribution in [-0.2, 0) is 27.5 Å². The Kier molecular flexibility index (Phi) is 7.42. The van der Waals surface area contributed by atoms with Crippen LogP contribution in [0.25, 0.3) is 0 Å². The second-order valence-corrected chi connectivity index (χ2v) is 10.5. The number of sulfonamides is 1. The van der Waals surface area contributed by atoms with Gasteiger partial charge in [-0.3, -0.25) is 9.10 Å². The third kappa shape index (κ3) is 5.86. The molecule has 0 bridgehead atoms. The zero-order chi connectivity index (χ0) is 26.8. The summed E-state index contributed by atoms with van der Waals surface area (Å²) in [4.78, 5) is 13.3. The summed E-state index contributed by atoms with van der Waals surface area (Å²) in [7, 11) is -3.87. The number of hydrogen-bond acceptors (Lipinski definition) is 5. The first-order valence-electron chi connectivity index (χ1n) is 11.3. The van der Waals surface area contributed by atoms with Gasteiger partial charge in [0.05, 0.1) is 17.0 Å². The fourth-order valence-electron chi connectivity index (χ4n) is 4.13. The number of benzene rings is 3.